The average molecular weight is 1010 g/mol. The van der Waals surface area contributed by atoms with E-state index in [0.29, 0.717) is 63.3 Å². The molecule has 5 aliphatic heterocycles. The van der Waals surface area contributed by atoms with Crippen LogP contribution in [0.25, 0.3) is 27.4 Å². The molecule has 10 heterocycles. The highest BCUT2D eigenvalue weighted by Crippen LogP contribution is 2.41. The fourth-order valence-electron chi connectivity index (χ4n) is 10.5. The number of aliphatic hydroxyl groups is 1. The van der Waals surface area contributed by atoms with Gasteiger partial charge in [-0.1, -0.05) is 35.3 Å². The number of likely N-dealkylation sites (N-methyl/N-ethyl adjacent to an activating group) is 1. The molecule has 4 saturated heterocycles. The van der Waals surface area contributed by atoms with Gasteiger partial charge >= 0.3 is 0 Å². The van der Waals surface area contributed by atoms with Crippen molar-refractivity contribution < 1.29 is 28.8 Å². The number of aromatic amines is 1. The topological polar surface area (TPSA) is 185 Å². The fourth-order valence-corrected chi connectivity index (χ4v) is 12.1. The number of aliphatic imine (C=N–C) groups is 1. The van der Waals surface area contributed by atoms with Gasteiger partial charge in [0.2, 0.25) is 11.8 Å². The standard InChI is InChI=1S/C49H56Cl2N12O6S/c1-26-27(2)70-48-40(26)41(29-6-8-30(50)9-7-29)52-35(46-58-57-28(3)63(46)48)23-39(65)62-20-18-61(19-21-62)31-12-14-60(15-13-31)17-16-59(4)38-11-10-32(47(54-38)66-5)42-33(51)22-34-45(55-42)56-49(53-34)69-37-25-68-43-36(64)24-67-44(37)43/h6-11,22,31,35-37,43-44,64H,12-21,23-25H2,1-5H3,(H,53,55,56)/t35-,36+,37+,43+,44+/m0/s1. The summed E-state index contributed by atoms with van der Waals surface area (Å²) in [6.07, 6.45) is 0.516. The molecular weight excluding hydrogens is 956 g/mol. The van der Waals surface area contributed by atoms with Crippen molar-refractivity contribution in [3.63, 3.8) is 0 Å². The number of nitrogens with zero attached hydrogens (tertiary/aromatic N) is 11. The quantitative estimate of drug-likeness (QED) is 0.149. The molecule has 0 bridgehead atoms. The summed E-state index contributed by atoms with van der Waals surface area (Å²) < 4.78 is 25.4. The van der Waals surface area contributed by atoms with Crippen LogP contribution in [0.4, 0.5) is 5.82 Å². The molecule has 368 valence electrons. The van der Waals surface area contributed by atoms with Crippen LogP contribution in [0.3, 0.4) is 0 Å². The number of hydrogen-bond donors (Lipinski definition) is 2. The number of aliphatic hydroxyl groups excluding tert-OH is 1. The molecule has 6 aromatic rings. The number of anilines is 1. The number of imidazole rings is 1. The molecule has 5 aliphatic rings. The van der Waals surface area contributed by atoms with Crippen molar-refractivity contribution in [2.24, 2.45) is 4.99 Å². The molecule has 5 aromatic heterocycles. The second kappa shape index (κ2) is 19.4. The third-order valence-electron chi connectivity index (χ3n) is 14.6. The summed E-state index contributed by atoms with van der Waals surface area (Å²) in [5.74, 6) is 2.75. The third kappa shape index (κ3) is 8.92. The number of hydrogen-bond acceptors (Lipinski definition) is 16. The predicted molar refractivity (Wildman–Crippen MR) is 267 cm³/mol. The zero-order chi connectivity index (χ0) is 48.4. The van der Waals surface area contributed by atoms with Gasteiger partial charge in [0.1, 0.15) is 41.0 Å². The zero-order valence-corrected chi connectivity index (χ0v) is 42.1. The van der Waals surface area contributed by atoms with Crippen LogP contribution in [0.15, 0.2) is 47.5 Å². The number of rotatable bonds is 12. The van der Waals surface area contributed by atoms with Crippen molar-refractivity contribution in [1.29, 1.82) is 0 Å². The van der Waals surface area contributed by atoms with E-state index in [1.807, 2.05) is 55.3 Å². The highest BCUT2D eigenvalue weighted by atomic mass is 35.5. The van der Waals surface area contributed by atoms with Crippen molar-refractivity contribution in [2.75, 3.05) is 84.6 Å². The maximum absolute atomic E-state index is 14.1. The summed E-state index contributed by atoms with van der Waals surface area (Å²) in [5, 5.41) is 21.3. The van der Waals surface area contributed by atoms with Crippen LogP contribution in [0.1, 0.15) is 58.5 Å². The molecule has 0 radical (unpaired) electrons. The van der Waals surface area contributed by atoms with Crippen molar-refractivity contribution in [1.82, 2.24) is 49.4 Å². The lowest BCUT2D eigenvalue weighted by Gasteiger charge is -2.43. The summed E-state index contributed by atoms with van der Waals surface area (Å²) in [7, 11) is 3.63. The Bertz CT molecular complexity index is 2950. The molecular formula is C49H56Cl2N12O6S. The van der Waals surface area contributed by atoms with E-state index in [9.17, 15) is 9.90 Å². The number of piperazine rings is 1. The van der Waals surface area contributed by atoms with E-state index < -0.39 is 24.4 Å². The Labute approximate surface area is 419 Å². The number of ether oxygens (including phenoxy) is 4. The van der Waals surface area contributed by atoms with Crippen LogP contribution < -0.4 is 14.4 Å². The molecule has 4 fully saturated rings. The van der Waals surface area contributed by atoms with Gasteiger partial charge in [0, 0.05) is 73.4 Å². The molecule has 11 rings (SSSR count). The van der Waals surface area contributed by atoms with Gasteiger partial charge in [0.15, 0.2) is 17.6 Å². The first-order valence-electron chi connectivity index (χ1n) is 23.9. The molecule has 1 amide bonds. The summed E-state index contributed by atoms with van der Waals surface area (Å²) in [5.41, 5.74) is 6.21. The van der Waals surface area contributed by atoms with E-state index >= 15 is 0 Å². The van der Waals surface area contributed by atoms with Gasteiger partial charge < -0.3 is 43.7 Å². The number of aryl methyl sites for hydroxylation is 2. The minimum absolute atomic E-state index is 0.0860. The number of nitrogens with one attached hydrogen (secondary N) is 1. The molecule has 0 aliphatic carbocycles. The Morgan fingerprint density at radius 3 is 2.50 bits per heavy atom. The van der Waals surface area contributed by atoms with Crippen molar-refractivity contribution in [2.45, 2.75) is 76.5 Å². The number of H-pyrrole nitrogens is 1. The lowest BCUT2D eigenvalue weighted by atomic mass is 9.99. The fraction of sp³-hybridized carbons (Fsp3) is 0.490. The number of pyridine rings is 2. The number of halogens is 2. The number of methoxy groups -OCH3 is 1. The largest absolute Gasteiger partial charge is 0.480 e. The average Bonchev–Trinajstić information content (AvgIpc) is 4.19. The second-order valence-corrected chi connectivity index (χ2v) is 20.8. The van der Waals surface area contributed by atoms with Crippen LogP contribution in [-0.4, -0.2) is 176 Å². The molecule has 0 unspecified atom stereocenters. The maximum atomic E-state index is 14.1. The van der Waals surface area contributed by atoms with Crippen LogP contribution in [0.5, 0.6) is 11.9 Å². The van der Waals surface area contributed by atoms with E-state index in [-0.39, 0.29) is 37.7 Å². The minimum Gasteiger partial charge on any atom is -0.480 e. The number of amides is 1. The van der Waals surface area contributed by atoms with Gasteiger partial charge in [-0.05, 0) is 82.6 Å². The van der Waals surface area contributed by atoms with E-state index in [1.165, 1.54) is 10.4 Å². The SMILES string of the molecule is COc1nc(N(C)CCN2CCC(N3CCN(C(=O)C[C@@H]4N=C(c5ccc(Cl)cc5)c5c(sc(C)c5C)-n5c(C)nnc54)CC3)CC2)ccc1-c1nc2nc(O[C@@H]3CO[C@H]4[C@@H]3OC[C@H]4O)[nH]c2cc1Cl. The maximum Gasteiger partial charge on any atom is 0.296 e. The molecule has 0 saturated carbocycles. The number of carbonyl (C=O) groups is 1. The van der Waals surface area contributed by atoms with E-state index in [2.05, 4.69) is 53.3 Å². The van der Waals surface area contributed by atoms with Gasteiger partial charge in [-0.3, -0.25) is 19.3 Å². The van der Waals surface area contributed by atoms with Crippen LogP contribution in [-0.2, 0) is 14.3 Å². The molecule has 0 spiro atoms. The van der Waals surface area contributed by atoms with Gasteiger partial charge in [0.05, 0.1) is 54.3 Å². The van der Waals surface area contributed by atoms with Gasteiger partial charge in [-0.25, -0.2) is 4.98 Å². The van der Waals surface area contributed by atoms with Crippen molar-refractivity contribution in [3.05, 3.63) is 85.7 Å². The van der Waals surface area contributed by atoms with Crippen LogP contribution >= 0.6 is 34.5 Å². The predicted octanol–water partition coefficient (Wildman–Crippen LogP) is 5.84. The third-order valence-corrected chi connectivity index (χ3v) is 16.3. The first-order valence-corrected chi connectivity index (χ1v) is 25.5. The monoisotopic (exact) mass is 1010 g/mol. The highest BCUT2D eigenvalue weighted by molar-refractivity contribution is 7.15. The van der Waals surface area contributed by atoms with Gasteiger partial charge in [0.25, 0.3) is 6.01 Å². The Kier molecular flexibility index (Phi) is 13.1. The lowest BCUT2D eigenvalue weighted by Crippen LogP contribution is -2.54. The molecule has 18 nitrogen and oxygen atoms in total. The van der Waals surface area contributed by atoms with E-state index in [1.54, 1.807) is 24.5 Å². The van der Waals surface area contributed by atoms with Crippen molar-refractivity contribution >= 4 is 63.1 Å². The van der Waals surface area contributed by atoms with E-state index in [0.717, 1.165) is 85.6 Å². The van der Waals surface area contributed by atoms with Gasteiger partial charge in [-0.15, -0.1) is 21.5 Å². The minimum atomic E-state index is -0.670. The molecule has 1 aromatic carbocycles. The molecule has 70 heavy (non-hydrogen) atoms. The summed E-state index contributed by atoms with van der Waals surface area (Å²) >= 11 is 14.8. The Morgan fingerprint density at radius 1 is 0.957 bits per heavy atom. The zero-order valence-electron chi connectivity index (χ0n) is 39.8. The van der Waals surface area contributed by atoms with Crippen molar-refractivity contribution in [3.8, 4) is 28.1 Å². The number of piperidine rings is 1. The Hall–Kier alpha value is -5.25. The van der Waals surface area contributed by atoms with E-state index in [4.69, 9.17) is 57.1 Å². The lowest BCUT2D eigenvalue weighted by molar-refractivity contribution is -0.133. The molecule has 21 heteroatoms. The first kappa shape index (κ1) is 47.1. The van der Waals surface area contributed by atoms with Gasteiger partial charge in [-0.2, -0.15) is 9.97 Å². The van der Waals surface area contributed by atoms with Crippen LogP contribution in [0.2, 0.25) is 10.0 Å². The number of thiophene rings is 1. The Balaban J connectivity index is 0.674. The number of fused-ring (bicyclic) bond motifs is 5. The normalized spacial score (nSPS) is 23.0. The second-order valence-electron chi connectivity index (χ2n) is 18.8. The summed E-state index contributed by atoms with van der Waals surface area (Å²) in [4.78, 5) is 47.3. The first-order chi connectivity index (χ1) is 33.9. The smallest absolute Gasteiger partial charge is 0.296 e. The number of likely N-dealkylation sites (tertiary alicyclic amines) is 1. The summed E-state index contributed by atoms with van der Waals surface area (Å²) in [6.45, 7) is 13.5. The Morgan fingerprint density at radius 2 is 1.73 bits per heavy atom. The van der Waals surface area contributed by atoms with Crippen LogP contribution in [0, 0.1) is 20.8 Å². The number of carbonyl (C=O) groups excluding carboxylic acids is 1. The number of aromatic nitrogens is 7. The number of benzene rings is 1. The summed E-state index contributed by atoms with van der Waals surface area (Å²) in [6, 6.07) is 13.7. The highest BCUT2D eigenvalue weighted by Gasteiger charge is 2.49. The molecule has 2 N–H and O–H groups in total. The molecule has 5 atom stereocenters.